The van der Waals surface area contributed by atoms with Crippen LogP contribution >= 0.6 is 11.8 Å². The molecule has 33 heavy (non-hydrogen) atoms. The fraction of sp³-hybridized carbons (Fsp3) is 0.417. The van der Waals surface area contributed by atoms with E-state index in [0.717, 1.165) is 23.9 Å². The Morgan fingerprint density at radius 1 is 1.15 bits per heavy atom. The number of rotatable bonds is 10. The molecule has 176 valence electrons. The third kappa shape index (κ3) is 4.95. The quantitative estimate of drug-likeness (QED) is 0.434. The van der Waals surface area contributed by atoms with E-state index in [1.54, 1.807) is 12.1 Å². The van der Waals surface area contributed by atoms with Crippen molar-refractivity contribution in [2.75, 3.05) is 13.1 Å². The number of aromatic nitrogens is 2. The van der Waals surface area contributed by atoms with Gasteiger partial charge in [-0.05, 0) is 43.5 Å². The Bertz CT molecular complexity index is 1230. The Morgan fingerprint density at radius 2 is 1.85 bits per heavy atom. The maximum Gasteiger partial charge on any atom is 0.243 e. The Kier molecular flexibility index (Phi) is 7.11. The molecule has 9 heteroatoms. The molecule has 0 saturated heterocycles. The van der Waals surface area contributed by atoms with E-state index in [9.17, 15) is 13.2 Å². The highest BCUT2D eigenvalue weighted by molar-refractivity contribution is 8.00. The Labute approximate surface area is 199 Å². The molecule has 1 heterocycles. The van der Waals surface area contributed by atoms with Gasteiger partial charge in [0, 0.05) is 25.7 Å². The second kappa shape index (κ2) is 9.87. The largest absolute Gasteiger partial charge is 0.352 e. The Morgan fingerprint density at radius 3 is 2.45 bits per heavy atom. The van der Waals surface area contributed by atoms with Gasteiger partial charge in [0.05, 0.1) is 15.9 Å². The van der Waals surface area contributed by atoms with Crippen molar-refractivity contribution in [1.29, 1.82) is 0 Å². The van der Waals surface area contributed by atoms with Crippen LogP contribution in [0.1, 0.15) is 44.4 Å². The molecule has 0 bridgehead atoms. The zero-order valence-corrected chi connectivity index (χ0v) is 20.8. The van der Waals surface area contributed by atoms with E-state index in [0.29, 0.717) is 30.3 Å². The number of hydrogen-bond donors (Lipinski definition) is 1. The Hall–Kier alpha value is -2.36. The van der Waals surface area contributed by atoms with Gasteiger partial charge >= 0.3 is 0 Å². The van der Waals surface area contributed by atoms with Crippen LogP contribution in [-0.4, -0.2) is 47.3 Å². The molecule has 1 amide bonds. The molecule has 1 saturated carbocycles. The highest BCUT2D eigenvalue weighted by Crippen LogP contribution is 2.38. The average Bonchev–Trinajstić information content (AvgIpc) is 3.56. The fourth-order valence-corrected chi connectivity index (χ4v) is 6.53. The fourth-order valence-electron chi connectivity index (χ4n) is 3.87. The van der Waals surface area contributed by atoms with Gasteiger partial charge in [0.25, 0.3) is 0 Å². The van der Waals surface area contributed by atoms with Gasteiger partial charge in [-0.15, -0.1) is 0 Å². The molecule has 1 aromatic heterocycles. The van der Waals surface area contributed by atoms with E-state index in [1.807, 2.05) is 61.7 Å². The predicted molar refractivity (Wildman–Crippen MR) is 132 cm³/mol. The summed E-state index contributed by atoms with van der Waals surface area (Å²) in [6, 6.07) is 15.1. The number of fused-ring (bicyclic) bond motifs is 1. The molecule has 0 aliphatic heterocycles. The standard InChI is InChI=1S/C24H30N4O3S2/c1-4-27(5-2)33(30,31)19-14-15-21-20(16-19)26-24(28(21)6-3)32-22(17-10-8-7-9-11-17)23(29)25-18-12-13-18/h7-11,14-16,18,22H,4-6,12-13H2,1-3H3,(H,25,29). The van der Waals surface area contributed by atoms with E-state index in [4.69, 9.17) is 4.98 Å². The number of aryl methyl sites for hydroxylation is 1. The van der Waals surface area contributed by atoms with Gasteiger partial charge in [-0.3, -0.25) is 4.79 Å². The summed E-state index contributed by atoms with van der Waals surface area (Å²) in [4.78, 5) is 18.1. The molecule has 4 rings (SSSR count). The minimum Gasteiger partial charge on any atom is -0.352 e. The third-order valence-corrected chi connectivity index (χ3v) is 9.12. The summed E-state index contributed by atoms with van der Waals surface area (Å²) in [6.45, 7) is 7.17. The van der Waals surface area contributed by atoms with Crippen molar-refractivity contribution in [2.45, 2.75) is 61.5 Å². The molecular weight excluding hydrogens is 456 g/mol. The molecule has 1 atom stereocenters. The van der Waals surface area contributed by atoms with Crippen molar-refractivity contribution >= 4 is 38.7 Å². The van der Waals surface area contributed by atoms with E-state index < -0.39 is 15.3 Å². The first kappa shape index (κ1) is 23.8. The van der Waals surface area contributed by atoms with Crippen molar-refractivity contribution < 1.29 is 13.2 Å². The lowest BCUT2D eigenvalue weighted by Crippen LogP contribution is -2.30. The molecule has 7 nitrogen and oxygen atoms in total. The first-order valence-electron chi connectivity index (χ1n) is 11.4. The predicted octanol–water partition coefficient (Wildman–Crippen LogP) is 4.20. The number of amides is 1. The highest BCUT2D eigenvalue weighted by atomic mass is 32.2. The zero-order valence-electron chi connectivity index (χ0n) is 19.2. The lowest BCUT2D eigenvalue weighted by Gasteiger charge is -2.18. The van der Waals surface area contributed by atoms with Crippen LogP contribution in [0.15, 0.2) is 58.6 Å². The molecule has 1 aliphatic carbocycles. The topological polar surface area (TPSA) is 84.3 Å². The van der Waals surface area contributed by atoms with Gasteiger partial charge in [-0.2, -0.15) is 4.31 Å². The smallest absolute Gasteiger partial charge is 0.243 e. The highest BCUT2D eigenvalue weighted by Gasteiger charge is 2.30. The molecule has 1 fully saturated rings. The summed E-state index contributed by atoms with van der Waals surface area (Å²) >= 11 is 1.41. The van der Waals surface area contributed by atoms with Crippen molar-refractivity contribution in [3.05, 3.63) is 54.1 Å². The lowest BCUT2D eigenvalue weighted by molar-refractivity contribution is -0.120. The van der Waals surface area contributed by atoms with E-state index in [2.05, 4.69) is 5.32 Å². The number of benzene rings is 2. The first-order chi connectivity index (χ1) is 15.9. The van der Waals surface area contributed by atoms with Crippen molar-refractivity contribution in [2.24, 2.45) is 0 Å². The second-order valence-electron chi connectivity index (χ2n) is 8.07. The van der Waals surface area contributed by atoms with Crippen LogP contribution in [0.5, 0.6) is 0 Å². The average molecular weight is 487 g/mol. The molecular formula is C24H30N4O3S2. The number of imidazole rings is 1. The van der Waals surface area contributed by atoms with Crippen LogP contribution in [0.3, 0.4) is 0 Å². The third-order valence-electron chi connectivity index (χ3n) is 5.83. The van der Waals surface area contributed by atoms with Crippen LogP contribution in [-0.2, 0) is 21.4 Å². The van der Waals surface area contributed by atoms with Crippen molar-refractivity contribution in [3.8, 4) is 0 Å². The van der Waals surface area contributed by atoms with Crippen LogP contribution in [0.4, 0.5) is 0 Å². The molecule has 0 spiro atoms. The zero-order chi connectivity index (χ0) is 23.6. The van der Waals surface area contributed by atoms with Crippen LogP contribution in [0.25, 0.3) is 11.0 Å². The molecule has 2 aromatic carbocycles. The first-order valence-corrected chi connectivity index (χ1v) is 13.7. The summed E-state index contributed by atoms with van der Waals surface area (Å²) in [5, 5.41) is 3.38. The maximum atomic E-state index is 13.1. The summed E-state index contributed by atoms with van der Waals surface area (Å²) in [7, 11) is -3.58. The minimum atomic E-state index is -3.58. The van der Waals surface area contributed by atoms with Crippen molar-refractivity contribution in [3.63, 3.8) is 0 Å². The van der Waals surface area contributed by atoms with Crippen LogP contribution in [0, 0.1) is 0 Å². The summed E-state index contributed by atoms with van der Waals surface area (Å²) in [5.41, 5.74) is 2.38. The molecule has 1 aliphatic rings. The van der Waals surface area contributed by atoms with E-state index in [-0.39, 0.29) is 16.8 Å². The van der Waals surface area contributed by atoms with Gasteiger partial charge in [0.2, 0.25) is 15.9 Å². The number of hydrogen-bond acceptors (Lipinski definition) is 5. The molecule has 1 N–H and O–H groups in total. The van der Waals surface area contributed by atoms with Crippen LogP contribution in [0.2, 0.25) is 0 Å². The summed E-state index contributed by atoms with van der Waals surface area (Å²) in [6.07, 6.45) is 2.05. The number of sulfonamides is 1. The summed E-state index contributed by atoms with van der Waals surface area (Å²) in [5.74, 6) is -0.0202. The molecule has 1 unspecified atom stereocenters. The van der Waals surface area contributed by atoms with Crippen molar-refractivity contribution in [1.82, 2.24) is 19.2 Å². The number of nitrogens with zero attached hydrogens (tertiary/aromatic N) is 3. The number of carbonyl (C=O) groups is 1. The molecule has 0 radical (unpaired) electrons. The van der Waals surface area contributed by atoms with Gasteiger partial charge in [0.1, 0.15) is 5.25 Å². The van der Waals surface area contributed by atoms with Gasteiger partial charge in [0.15, 0.2) is 5.16 Å². The lowest BCUT2D eigenvalue weighted by atomic mass is 10.1. The number of carbonyl (C=O) groups excluding carboxylic acids is 1. The van der Waals surface area contributed by atoms with Gasteiger partial charge in [-0.1, -0.05) is 55.9 Å². The van der Waals surface area contributed by atoms with E-state index in [1.165, 1.54) is 16.1 Å². The van der Waals surface area contributed by atoms with Crippen LogP contribution < -0.4 is 5.32 Å². The monoisotopic (exact) mass is 486 g/mol. The summed E-state index contributed by atoms with van der Waals surface area (Å²) < 4.78 is 29.5. The van der Waals surface area contributed by atoms with Gasteiger partial charge in [-0.25, -0.2) is 13.4 Å². The SMILES string of the molecule is CCN(CC)S(=O)(=O)c1ccc2c(c1)nc(SC(C(=O)NC1CC1)c1ccccc1)n2CC. The normalized spacial score (nSPS) is 15.2. The second-order valence-corrected chi connectivity index (χ2v) is 11.1. The Balaban J connectivity index is 1.72. The minimum absolute atomic E-state index is 0.0202. The van der Waals surface area contributed by atoms with E-state index >= 15 is 0 Å². The maximum absolute atomic E-state index is 13.1. The van der Waals surface area contributed by atoms with Gasteiger partial charge < -0.3 is 9.88 Å². The number of thioether (sulfide) groups is 1. The molecule has 3 aromatic rings. The number of nitrogens with one attached hydrogen (secondary N) is 1.